The number of carboxylic acid groups (broad SMARTS) is 1. The van der Waals surface area contributed by atoms with Crippen LogP contribution in [0.1, 0.15) is 34.6 Å². The predicted molar refractivity (Wildman–Crippen MR) is 56.9 cm³/mol. The molecule has 14 heavy (non-hydrogen) atoms. The molecular formula is C11H14O2S. The molecule has 3 heteroatoms. The summed E-state index contributed by atoms with van der Waals surface area (Å²) in [6.07, 6.45) is 2.06. The molecule has 0 fully saturated rings. The normalized spacial score (nSPS) is 25.9. The molecule has 0 amide bonds. The molecule has 0 saturated heterocycles. The summed E-state index contributed by atoms with van der Waals surface area (Å²) >= 11 is 1.75. The van der Waals surface area contributed by atoms with E-state index in [1.165, 1.54) is 9.75 Å². The first-order chi connectivity index (χ1) is 6.59. The Morgan fingerprint density at radius 1 is 1.64 bits per heavy atom. The third-order valence-electron chi connectivity index (χ3n) is 2.96. The van der Waals surface area contributed by atoms with Gasteiger partial charge in [0.1, 0.15) is 0 Å². The molecule has 2 unspecified atom stereocenters. The van der Waals surface area contributed by atoms with Gasteiger partial charge in [0, 0.05) is 9.75 Å². The Balaban J connectivity index is 2.45. The summed E-state index contributed by atoms with van der Waals surface area (Å²) < 4.78 is 0. The Hall–Kier alpha value is -0.830. The van der Waals surface area contributed by atoms with Crippen molar-refractivity contribution in [2.75, 3.05) is 0 Å². The van der Waals surface area contributed by atoms with Gasteiger partial charge in [0.2, 0.25) is 0 Å². The van der Waals surface area contributed by atoms with Crippen LogP contribution in [0.4, 0.5) is 0 Å². The van der Waals surface area contributed by atoms with Crippen LogP contribution in [0.2, 0.25) is 0 Å². The zero-order chi connectivity index (χ0) is 10.3. The van der Waals surface area contributed by atoms with Gasteiger partial charge in [-0.05, 0) is 37.3 Å². The van der Waals surface area contributed by atoms with E-state index in [0.29, 0.717) is 0 Å². The van der Waals surface area contributed by atoms with E-state index in [4.69, 9.17) is 5.11 Å². The lowest BCUT2D eigenvalue weighted by molar-refractivity contribution is -0.140. The Bertz CT molecular complexity index is 367. The second-order valence-corrected chi connectivity index (χ2v) is 5.41. The number of hydrogen-bond donors (Lipinski definition) is 1. The minimum Gasteiger partial charge on any atom is -0.481 e. The minimum atomic E-state index is -0.670. The monoisotopic (exact) mass is 210 g/mol. The average molecular weight is 210 g/mol. The molecule has 0 aliphatic heterocycles. The molecule has 0 spiro atoms. The van der Waals surface area contributed by atoms with Crippen LogP contribution in [0.5, 0.6) is 0 Å². The summed E-state index contributed by atoms with van der Waals surface area (Å²) in [5.41, 5.74) is 1.07. The Kier molecular flexibility index (Phi) is 2.35. The molecule has 1 N–H and O–H groups in total. The highest BCUT2D eigenvalue weighted by atomic mass is 32.1. The SMILES string of the molecule is Cc1cc2c(s1)CCC(C)C2C(=O)O. The van der Waals surface area contributed by atoms with Crippen LogP contribution >= 0.6 is 11.3 Å². The molecule has 0 bridgehead atoms. The Morgan fingerprint density at radius 3 is 3.00 bits per heavy atom. The smallest absolute Gasteiger partial charge is 0.311 e. The average Bonchev–Trinajstić information content (AvgIpc) is 2.43. The molecule has 0 radical (unpaired) electrons. The van der Waals surface area contributed by atoms with E-state index in [-0.39, 0.29) is 11.8 Å². The summed E-state index contributed by atoms with van der Waals surface area (Å²) in [6.45, 7) is 4.08. The number of rotatable bonds is 1. The lowest BCUT2D eigenvalue weighted by atomic mass is 9.79. The highest BCUT2D eigenvalue weighted by Crippen LogP contribution is 2.40. The molecule has 0 aromatic carbocycles. The van der Waals surface area contributed by atoms with Gasteiger partial charge < -0.3 is 5.11 Å². The van der Waals surface area contributed by atoms with E-state index in [0.717, 1.165) is 18.4 Å². The minimum absolute atomic E-state index is 0.272. The van der Waals surface area contributed by atoms with E-state index in [1.54, 1.807) is 11.3 Å². The fraction of sp³-hybridized carbons (Fsp3) is 0.545. The van der Waals surface area contributed by atoms with Crippen molar-refractivity contribution in [2.45, 2.75) is 32.6 Å². The van der Waals surface area contributed by atoms with E-state index in [9.17, 15) is 4.79 Å². The number of thiophene rings is 1. The molecule has 2 atom stereocenters. The van der Waals surface area contributed by atoms with Crippen LogP contribution in [0, 0.1) is 12.8 Å². The number of fused-ring (bicyclic) bond motifs is 1. The number of aliphatic carboxylic acids is 1. The molecule has 76 valence electrons. The topological polar surface area (TPSA) is 37.3 Å². The van der Waals surface area contributed by atoms with Gasteiger partial charge in [0.05, 0.1) is 5.92 Å². The van der Waals surface area contributed by atoms with Crippen LogP contribution in [-0.4, -0.2) is 11.1 Å². The van der Waals surface area contributed by atoms with Crippen molar-refractivity contribution in [2.24, 2.45) is 5.92 Å². The fourth-order valence-electron chi connectivity index (χ4n) is 2.25. The maximum Gasteiger partial charge on any atom is 0.311 e. The van der Waals surface area contributed by atoms with Crippen molar-refractivity contribution in [3.63, 3.8) is 0 Å². The van der Waals surface area contributed by atoms with Crippen molar-refractivity contribution < 1.29 is 9.90 Å². The van der Waals surface area contributed by atoms with Gasteiger partial charge in [-0.1, -0.05) is 6.92 Å². The number of carbonyl (C=O) groups is 1. The van der Waals surface area contributed by atoms with Crippen molar-refractivity contribution >= 4 is 17.3 Å². The molecule has 1 heterocycles. The molecule has 1 aromatic rings. The van der Waals surface area contributed by atoms with Crippen LogP contribution in [0.25, 0.3) is 0 Å². The highest BCUT2D eigenvalue weighted by Gasteiger charge is 2.33. The van der Waals surface area contributed by atoms with Gasteiger partial charge >= 0.3 is 5.97 Å². The Morgan fingerprint density at radius 2 is 2.36 bits per heavy atom. The van der Waals surface area contributed by atoms with Gasteiger partial charge in [0.15, 0.2) is 0 Å². The van der Waals surface area contributed by atoms with Crippen LogP contribution < -0.4 is 0 Å². The van der Waals surface area contributed by atoms with Crippen molar-refractivity contribution in [3.05, 3.63) is 21.4 Å². The first kappa shape index (κ1) is 9.71. The molecular weight excluding hydrogens is 196 g/mol. The zero-order valence-electron chi connectivity index (χ0n) is 8.41. The van der Waals surface area contributed by atoms with Gasteiger partial charge in [-0.2, -0.15) is 0 Å². The van der Waals surface area contributed by atoms with Crippen molar-refractivity contribution in [1.82, 2.24) is 0 Å². The van der Waals surface area contributed by atoms with Crippen LogP contribution in [-0.2, 0) is 11.2 Å². The molecule has 2 nitrogen and oxygen atoms in total. The van der Waals surface area contributed by atoms with Crippen molar-refractivity contribution in [1.29, 1.82) is 0 Å². The molecule has 1 aromatic heterocycles. The summed E-state index contributed by atoms with van der Waals surface area (Å²) in [6, 6.07) is 2.05. The largest absolute Gasteiger partial charge is 0.481 e. The van der Waals surface area contributed by atoms with E-state index >= 15 is 0 Å². The van der Waals surface area contributed by atoms with Crippen LogP contribution in [0.15, 0.2) is 6.07 Å². The molecule has 1 aliphatic carbocycles. The summed E-state index contributed by atoms with van der Waals surface area (Å²) in [5.74, 6) is -0.672. The van der Waals surface area contributed by atoms with Gasteiger partial charge in [-0.15, -0.1) is 11.3 Å². The third-order valence-corrected chi connectivity index (χ3v) is 4.09. The van der Waals surface area contributed by atoms with Crippen LogP contribution in [0.3, 0.4) is 0 Å². The number of aryl methyl sites for hydroxylation is 2. The number of carboxylic acids is 1. The lowest BCUT2D eigenvalue weighted by Crippen LogP contribution is -2.23. The fourth-order valence-corrected chi connectivity index (χ4v) is 3.35. The van der Waals surface area contributed by atoms with E-state index in [2.05, 4.69) is 6.07 Å². The zero-order valence-corrected chi connectivity index (χ0v) is 9.23. The highest BCUT2D eigenvalue weighted by molar-refractivity contribution is 7.12. The van der Waals surface area contributed by atoms with Crippen molar-refractivity contribution in [3.8, 4) is 0 Å². The second kappa shape index (κ2) is 3.39. The first-order valence-electron chi connectivity index (χ1n) is 4.91. The predicted octanol–water partition coefficient (Wildman–Crippen LogP) is 2.81. The summed E-state index contributed by atoms with van der Waals surface area (Å²) in [5, 5.41) is 9.17. The quantitative estimate of drug-likeness (QED) is 0.774. The molecule has 2 rings (SSSR count). The first-order valence-corrected chi connectivity index (χ1v) is 5.73. The Labute approximate surface area is 87.6 Å². The second-order valence-electron chi connectivity index (χ2n) is 4.07. The standard InChI is InChI=1S/C11H14O2S/c1-6-3-4-9-8(5-7(2)14-9)10(6)11(12)13/h5-6,10H,3-4H2,1-2H3,(H,12,13). The summed E-state index contributed by atoms with van der Waals surface area (Å²) in [7, 11) is 0. The van der Waals surface area contributed by atoms with E-state index < -0.39 is 5.97 Å². The van der Waals surface area contributed by atoms with Gasteiger partial charge in [-0.3, -0.25) is 4.79 Å². The third kappa shape index (κ3) is 1.46. The maximum atomic E-state index is 11.1. The van der Waals surface area contributed by atoms with Gasteiger partial charge in [0.25, 0.3) is 0 Å². The molecule has 1 aliphatic rings. The van der Waals surface area contributed by atoms with E-state index in [1.807, 2.05) is 13.8 Å². The molecule has 0 saturated carbocycles. The maximum absolute atomic E-state index is 11.1. The summed E-state index contributed by atoms with van der Waals surface area (Å²) in [4.78, 5) is 13.7. The lowest BCUT2D eigenvalue weighted by Gasteiger charge is -2.25. The number of hydrogen-bond acceptors (Lipinski definition) is 2. The van der Waals surface area contributed by atoms with Gasteiger partial charge in [-0.25, -0.2) is 0 Å².